The molecule has 3 aromatic carbocycles. The molecule has 1 amide bonds. The molecule has 4 aromatic rings. The van der Waals surface area contributed by atoms with Crippen LogP contribution < -0.4 is 5.32 Å². The Hall–Kier alpha value is -3.12. The number of benzene rings is 3. The highest BCUT2D eigenvalue weighted by Gasteiger charge is 2.31. The van der Waals surface area contributed by atoms with Crippen molar-refractivity contribution in [3.8, 4) is 0 Å². The summed E-state index contributed by atoms with van der Waals surface area (Å²) in [6, 6.07) is 23.0. The van der Waals surface area contributed by atoms with Gasteiger partial charge < -0.3 is 14.5 Å². The molecule has 1 atom stereocenters. The lowest BCUT2D eigenvalue weighted by Crippen LogP contribution is -2.39. The number of nitrogens with one attached hydrogen (secondary N) is 1. The van der Waals surface area contributed by atoms with Gasteiger partial charge in [0.25, 0.3) is 5.91 Å². The van der Waals surface area contributed by atoms with Crippen molar-refractivity contribution < 1.29 is 13.9 Å². The number of amides is 1. The van der Waals surface area contributed by atoms with Gasteiger partial charge in [0.1, 0.15) is 11.3 Å². The number of ether oxygens (including phenoxy) is 1. The highest BCUT2D eigenvalue weighted by molar-refractivity contribution is 6.30. The summed E-state index contributed by atoms with van der Waals surface area (Å²) >= 11 is 6.18. The molecular formula is C27H25ClN2O3. The Labute approximate surface area is 197 Å². The monoisotopic (exact) mass is 460 g/mol. The fraction of sp³-hybridized carbons (Fsp3) is 0.222. The van der Waals surface area contributed by atoms with E-state index in [1.165, 1.54) is 0 Å². The van der Waals surface area contributed by atoms with Crippen LogP contribution in [0.5, 0.6) is 0 Å². The molecule has 1 aliphatic heterocycles. The zero-order valence-electron chi connectivity index (χ0n) is 18.4. The largest absolute Gasteiger partial charge is 0.457 e. The number of para-hydroxylation sites is 1. The van der Waals surface area contributed by atoms with Crippen molar-refractivity contribution in [2.24, 2.45) is 0 Å². The van der Waals surface area contributed by atoms with Crippen molar-refractivity contribution in [3.05, 3.63) is 100 Å². The molecule has 1 aromatic heterocycles. The summed E-state index contributed by atoms with van der Waals surface area (Å²) in [5, 5.41) is 4.71. The van der Waals surface area contributed by atoms with Crippen LogP contribution in [-0.2, 0) is 4.74 Å². The van der Waals surface area contributed by atoms with Gasteiger partial charge >= 0.3 is 0 Å². The first-order valence-corrected chi connectivity index (χ1v) is 11.4. The maximum atomic E-state index is 13.2. The normalized spacial score (nSPS) is 15.5. The number of carbonyl (C=O) groups excluding carboxylic acids is 1. The third-order valence-corrected chi connectivity index (χ3v) is 6.27. The molecule has 0 radical (unpaired) electrons. The van der Waals surface area contributed by atoms with E-state index in [0.29, 0.717) is 35.2 Å². The first kappa shape index (κ1) is 21.7. The van der Waals surface area contributed by atoms with Crippen molar-refractivity contribution in [2.75, 3.05) is 31.6 Å². The molecule has 5 nitrogen and oxygen atoms in total. The third kappa shape index (κ3) is 4.53. The number of morpholine rings is 1. The number of carbonyl (C=O) groups is 1. The lowest BCUT2D eigenvalue weighted by Gasteiger charge is -2.34. The van der Waals surface area contributed by atoms with E-state index in [9.17, 15) is 4.79 Å². The highest BCUT2D eigenvalue weighted by atomic mass is 35.5. The molecule has 33 heavy (non-hydrogen) atoms. The predicted octanol–water partition coefficient (Wildman–Crippen LogP) is 6.07. The SMILES string of the molecule is Cc1ccc(C(=O)Nc2c([C@H](c3ccc(Cl)cc3)N3CCOCC3)oc3ccccc23)cc1. The van der Waals surface area contributed by atoms with Gasteiger partial charge in [0.15, 0.2) is 0 Å². The average Bonchev–Trinajstić information content (AvgIpc) is 3.19. The third-order valence-electron chi connectivity index (χ3n) is 6.02. The topological polar surface area (TPSA) is 54.7 Å². The van der Waals surface area contributed by atoms with Crippen LogP contribution in [-0.4, -0.2) is 37.1 Å². The summed E-state index contributed by atoms with van der Waals surface area (Å²) in [6.45, 7) is 4.82. The first-order chi connectivity index (χ1) is 16.1. The number of rotatable bonds is 5. The summed E-state index contributed by atoms with van der Waals surface area (Å²) in [4.78, 5) is 15.5. The number of anilines is 1. The summed E-state index contributed by atoms with van der Waals surface area (Å²) in [7, 11) is 0. The Kier molecular flexibility index (Phi) is 6.18. The fourth-order valence-electron chi connectivity index (χ4n) is 4.29. The van der Waals surface area contributed by atoms with Gasteiger partial charge in [0.2, 0.25) is 0 Å². The molecule has 0 saturated carbocycles. The minimum absolute atomic E-state index is 0.167. The van der Waals surface area contributed by atoms with E-state index in [0.717, 1.165) is 35.2 Å². The Morgan fingerprint density at radius 3 is 2.39 bits per heavy atom. The molecule has 0 spiro atoms. The number of fused-ring (bicyclic) bond motifs is 1. The van der Waals surface area contributed by atoms with Gasteiger partial charge in [-0.05, 0) is 48.9 Å². The smallest absolute Gasteiger partial charge is 0.255 e. The summed E-state index contributed by atoms with van der Waals surface area (Å²) in [6.07, 6.45) is 0. The second kappa shape index (κ2) is 9.40. The number of hydrogen-bond donors (Lipinski definition) is 1. The molecule has 1 saturated heterocycles. The van der Waals surface area contributed by atoms with Gasteiger partial charge in [-0.1, -0.05) is 53.6 Å². The van der Waals surface area contributed by atoms with E-state index in [1.807, 2.05) is 79.7 Å². The molecule has 0 aliphatic carbocycles. The minimum Gasteiger partial charge on any atom is -0.457 e. The second-order valence-corrected chi connectivity index (χ2v) is 8.70. The van der Waals surface area contributed by atoms with Gasteiger partial charge in [-0.2, -0.15) is 0 Å². The fourth-order valence-corrected chi connectivity index (χ4v) is 4.41. The van der Waals surface area contributed by atoms with Crippen LogP contribution in [0.25, 0.3) is 11.0 Å². The van der Waals surface area contributed by atoms with Gasteiger partial charge in [-0.25, -0.2) is 0 Å². The molecular weight excluding hydrogens is 436 g/mol. The Balaban J connectivity index is 1.62. The van der Waals surface area contributed by atoms with E-state index in [-0.39, 0.29) is 11.9 Å². The molecule has 0 unspecified atom stereocenters. The predicted molar refractivity (Wildman–Crippen MR) is 131 cm³/mol. The molecule has 0 bridgehead atoms. The Bertz CT molecular complexity index is 1260. The second-order valence-electron chi connectivity index (χ2n) is 8.26. The van der Waals surface area contributed by atoms with Crippen molar-refractivity contribution in [2.45, 2.75) is 13.0 Å². The van der Waals surface area contributed by atoms with Crippen LogP contribution in [0.1, 0.15) is 33.3 Å². The summed E-state index contributed by atoms with van der Waals surface area (Å²) in [5.41, 5.74) is 4.19. The molecule has 168 valence electrons. The van der Waals surface area contributed by atoms with Crippen LogP contribution in [0.2, 0.25) is 5.02 Å². The van der Waals surface area contributed by atoms with E-state index >= 15 is 0 Å². The van der Waals surface area contributed by atoms with E-state index in [4.69, 9.17) is 20.8 Å². The van der Waals surface area contributed by atoms with E-state index in [2.05, 4.69) is 10.2 Å². The first-order valence-electron chi connectivity index (χ1n) is 11.1. The number of furan rings is 1. The molecule has 1 fully saturated rings. The molecule has 1 aliphatic rings. The standard InChI is InChI=1S/C27H25ClN2O3/c1-18-6-8-20(9-7-18)27(31)29-24-22-4-2-3-5-23(22)33-26(24)25(30-14-16-32-17-15-30)19-10-12-21(28)13-11-19/h2-13,25H,14-17H2,1H3,(H,29,31)/t25-/m0/s1. The molecule has 1 N–H and O–H groups in total. The van der Waals surface area contributed by atoms with Crippen molar-refractivity contribution in [3.63, 3.8) is 0 Å². The van der Waals surface area contributed by atoms with Gasteiger partial charge in [0.05, 0.1) is 24.9 Å². The zero-order chi connectivity index (χ0) is 22.8. The maximum Gasteiger partial charge on any atom is 0.255 e. The van der Waals surface area contributed by atoms with Crippen molar-refractivity contribution in [1.82, 2.24) is 4.90 Å². The average molecular weight is 461 g/mol. The number of halogens is 1. The van der Waals surface area contributed by atoms with Gasteiger partial charge in [0, 0.05) is 29.1 Å². The van der Waals surface area contributed by atoms with Gasteiger partial charge in [-0.3, -0.25) is 9.69 Å². The maximum absolute atomic E-state index is 13.2. The summed E-state index contributed by atoms with van der Waals surface area (Å²) in [5.74, 6) is 0.542. The van der Waals surface area contributed by atoms with Gasteiger partial charge in [-0.15, -0.1) is 0 Å². The van der Waals surface area contributed by atoms with Crippen molar-refractivity contribution in [1.29, 1.82) is 0 Å². The van der Waals surface area contributed by atoms with Crippen LogP contribution >= 0.6 is 11.6 Å². The molecule has 2 heterocycles. The van der Waals surface area contributed by atoms with Crippen LogP contribution in [0.15, 0.2) is 77.2 Å². The van der Waals surface area contributed by atoms with E-state index in [1.54, 1.807) is 0 Å². The van der Waals surface area contributed by atoms with Crippen molar-refractivity contribution >= 4 is 34.2 Å². The molecule has 5 rings (SSSR count). The van der Waals surface area contributed by atoms with Crippen LogP contribution in [0.3, 0.4) is 0 Å². The highest BCUT2D eigenvalue weighted by Crippen LogP contribution is 2.41. The quantitative estimate of drug-likeness (QED) is 0.393. The van der Waals surface area contributed by atoms with Crippen LogP contribution in [0.4, 0.5) is 5.69 Å². The van der Waals surface area contributed by atoms with Crippen LogP contribution in [0, 0.1) is 6.92 Å². The number of aryl methyl sites for hydroxylation is 1. The summed E-state index contributed by atoms with van der Waals surface area (Å²) < 4.78 is 12.0. The number of nitrogens with zero attached hydrogens (tertiary/aromatic N) is 1. The van der Waals surface area contributed by atoms with E-state index < -0.39 is 0 Å². The Morgan fingerprint density at radius 2 is 1.67 bits per heavy atom. The lowest BCUT2D eigenvalue weighted by molar-refractivity contribution is 0.0206. The Morgan fingerprint density at radius 1 is 0.970 bits per heavy atom. The molecule has 6 heteroatoms. The number of hydrogen-bond acceptors (Lipinski definition) is 4. The minimum atomic E-state index is -0.188. The zero-order valence-corrected chi connectivity index (χ0v) is 19.1. The lowest BCUT2D eigenvalue weighted by atomic mass is 10.00.